The molecule has 0 bridgehead atoms. The van der Waals surface area contributed by atoms with E-state index in [-0.39, 0.29) is 12.5 Å². The molecule has 0 aliphatic carbocycles. The number of hydrogen-bond donors (Lipinski definition) is 2. The highest BCUT2D eigenvalue weighted by Crippen LogP contribution is 2.18. The molecule has 1 aromatic carbocycles. The van der Waals surface area contributed by atoms with Gasteiger partial charge in [-0.1, -0.05) is 25.1 Å². The molecule has 0 atom stereocenters. The Morgan fingerprint density at radius 3 is 2.64 bits per heavy atom. The van der Waals surface area contributed by atoms with E-state index in [0.29, 0.717) is 10.6 Å². The van der Waals surface area contributed by atoms with Crippen molar-refractivity contribution >= 4 is 23.2 Å². The fourth-order valence-corrected chi connectivity index (χ4v) is 2.72. The van der Waals surface area contributed by atoms with Crippen molar-refractivity contribution in [3.05, 3.63) is 51.7 Å². The Bertz CT molecular complexity index is 667. The van der Waals surface area contributed by atoms with Crippen molar-refractivity contribution in [2.75, 3.05) is 6.61 Å². The highest BCUT2D eigenvalue weighted by Gasteiger charge is 2.11. The van der Waals surface area contributed by atoms with Gasteiger partial charge in [-0.15, -0.1) is 11.3 Å². The number of carbonyl (C=O) groups excluding carboxylic acids is 2. The topological polar surface area (TPSA) is 67.4 Å². The van der Waals surface area contributed by atoms with Crippen LogP contribution >= 0.6 is 11.3 Å². The molecule has 1 aromatic heterocycles. The number of nitrogens with one attached hydrogen (secondary N) is 2. The molecule has 0 saturated carbocycles. The smallest absolute Gasteiger partial charge is 0.280 e. The summed E-state index contributed by atoms with van der Waals surface area (Å²) in [6, 6.07) is 9.41. The van der Waals surface area contributed by atoms with E-state index in [2.05, 4.69) is 10.9 Å². The molecule has 0 aliphatic heterocycles. The van der Waals surface area contributed by atoms with E-state index in [0.717, 1.165) is 17.5 Å². The molecular weight excluding hydrogens is 300 g/mol. The van der Waals surface area contributed by atoms with Gasteiger partial charge in [0.2, 0.25) is 0 Å². The maximum absolute atomic E-state index is 11.8. The van der Waals surface area contributed by atoms with E-state index in [1.54, 1.807) is 0 Å². The average molecular weight is 318 g/mol. The lowest BCUT2D eigenvalue weighted by atomic mass is 10.1. The lowest BCUT2D eigenvalue weighted by molar-refractivity contribution is -0.123. The standard InChI is InChI=1S/C16H18N2O3S/c1-3-12-6-4-5-7-13(12)21-10-14(19)17-18-16(20)15-11(2)8-9-22-15/h4-9H,3,10H2,1-2H3,(H,17,19)(H,18,20). The monoisotopic (exact) mass is 318 g/mol. The molecule has 6 heteroatoms. The van der Waals surface area contributed by atoms with Crippen molar-refractivity contribution in [3.63, 3.8) is 0 Å². The van der Waals surface area contributed by atoms with Gasteiger partial charge >= 0.3 is 0 Å². The van der Waals surface area contributed by atoms with Crippen LogP contribution in [0.2, 0.25) is 0 Å². The number of hydrogen-bond acceptors (Lipinski definition) is 4. The van der Waals surface area contributed by atoms with Crippen LogP contribution in [0.15, 0.2) is 35.7 Å². The van der Waals surface area contributed by atoms with Crippen LogP contribution in [0.5, 0.6) is 5.75 Å². The quantitative estimate of drug-likeness (QED) is 0.832. The van der Waals surface area contributed by atoms with Gasteiger partial charge in [-0.25, -0.2) is 0 Å². The molecule has 2 N–H and O–H groups in total. The predicted molar refractivity (Wildman–Crippen MR) is 86.0 cm³/mol. The lowest BCUT2D eigenvalue weighted by Crippen LogP contribution is -2.43. The van der Waals surface area contributed by atoms with Crippen LogP contribution in [0.25, 0.3) is 0 Å². The number of hydrazine groups is 1. The maximum Gasteiger partial charge on any atom is 0.280 e. The molecular formula is C16H18N2O3S. The third kappa shape index (κ3) is 4.08. The van der Waals surface area contributed by atoms with Gasteiger partial charge in [-0.05, 0) is 42.0 Å². The van der Waals surface area contributed by atoms with Crippen LogP contribution in [-0.2, 0) is 11.2 Å². The Balaban J connectivity index is 1.81. The first kappa shape index (κ1) is 16.0. The zero-order valence-electron chi connectivity index (χ0n) is 12.5. The molecule has 0 radical (unpaired) electrons. The molecule has 0 spiro atoms. The number of amides is 2. The number of thiophene rings is 1. The van der Waals surface area contributed by atoms with E-state index in [9.17, 15) is 9.59 Å². The van der Waals surface area contributed by atoms with Crippen molar-refractivity contribution in [1.82, 2.24) is 10.9 Å². The Hall–Kier alpha value is -2.34. The van der Waals surface area contributed by atoms with Gasteiger partial charge < -0.3 is 4.74 Å². The Morgan fingerprint density at radius 1 is 1.18 bits per heavy atom. The summed E-state index contributed by atoms with van der Waals surface area (Å²) in [7, 11) is 0. The van der Waals surface area contributed by atoms with Crippen molar-refractivity contribution in [3.8, 4) is 5.75 Å². The minimum atomic E-state index is -0.409. The van der Waals surface area contributed by atoms with Crippen LogP contribution in [0, 0.1) is 6.92 Å². The first-order chi connectivity index (χ1) is 10.6. The van der Waals surface area contributed by atoms with E-state index < -0.39 is 5.91 Å². The molecule has 1 heterocycles. The molecule has 2 amide bonds. The van der Waals surface area contributed by atoms with Gasteiger partial charge in [0.1, 0.15) is 5.75 Å². The fraction of sp³-hybridized carbons (Fsp3) is 0.250. The summed E-state index contributed by atoms with van der Waals surface area (Å²) in [6.07, 6.45) is 0.826. The second kappa shape index (κ2) is 7.61. The fourth-order valence-electron chi connectivity index (χ4n) is 1.90. The van der Waals surface area contributed by atoms with Gasteiger partial charge in [-0.3, -0.25) is 20.4 Å². The number of carbonyl (C=O) groups is 2. The summed E-state index contributed by atoms with van der Waals surface area (Å²) in [4.78, 5) is 24.2. The third-order valence-corrected chi connectivity index (χ3v) is 4.11. The van der Waals surface area contributed by atoms with Gasteiger partial charge in [0, 0.05) is 0 Å². The van der Waals surface area contributed by atoms with Crippen molar-refractivity contribution < 1.29 is 14.3 Å². The molecule has 2 rings (SSSR count). The van der Waals surface area contributed by atoms with Crippen LogP contribution < -0.4 is 15.6 Å². The van der Waals surface area contributed by atoms with Crippen molar-refractivity contribution in [1.29, 1.82) is 0 Å². The number of rotatable bonds is 5. The zero-order valence-corrected chi connectivity index (χ0v) is 13.3. The summed E-state index contributed by atoms with van der Waals surface area (Å²) in [5.41, 5.74) is 6.65. The van der Waals surface area contributed by atoms with Crippen LogP contribution in [-0.4, -0.2) is 18.4 Å². The molecule has 5 nitrogen and oxygen atoms in total. The first-order valence-corrected chi connectivity index (χ1v) is 7.83. The summed E-state index contributed by atoms with van der Waals surface area (Å²) < 4.78 is 5.48. The Labute approximate surface area is 133 Å². The number of benzene rings is 1. The second-order valence-corrected chi connectivity index (χ2v) is 5.60. The summed E-state index contributed by atoms with van der Waals surface area (Å²) in [5, 5.41) is 1.83. The van der Waals surface area contributed by atoms with E-state index in [4.69, 9.17) is 4.74 Å². The Kier molecular flexibility index (Phi) is 5.55. The minimum absolute atomic E-state index is 0.152. The average Bonchev–Trinajstić information content (AvgIpc) is 2.97. The van der Waals surface area contributed by atoms with Crippen LogP contribution in [0.3, 0.4) is 0 Å². The molecule has 116 valence electrons. The SMILES string of the molecule is CCc1ccccc1OCC(=O)NNC(=O)c1sccc1C. The molecule has 0 fully saturated rings. The molecule has 22 heavy (non-hydrogen) atoms. The number of para-hydroxylation sites is 1. The summed E-state index contributed by atoms with van der Waals surface area (Å²) in [6.45, 7) is 3.71. The van der Waals surface area contributed by atoms with Crippen molar-refractivity contribution in [2.24, 2.45) is 0 Å². The molecule has 0 unspecified atom stereocenters. The lowest BCUT2D eigenvalue weighted by Gasteiger charge is -2.11. The number of aryl methyl sites for hydroxylation is 2. The minimum Gasteiger partial charge on any atom is -0.483 e. The zero-order chi connectivity index (χ0) is 15.9. The van der Waals surface area contributed by atoms with Crippen LogP contribution in [0.1, 0.15) is 27.7 Å². The molecule has 2 aromatic rings. The number of ether oxygens (including phenoxy) is 1. The second-order valence-electron chi connectivity index (χ2n) is 4.68. The largest absolute Gasteiger partial charge is 0.483 e. The maximum atomic E-state index is 11.8. The van der Waals surface area contributed by atoms with E-state index in [1.807, 2.05) is 49.6 Å². The molecule has 0 aliphatic rings. The van der Waals surface area contributed by atoms with E-state index in [1.165, 1.54) is 11.3 Å². The van der Waals surface area contributed by atoms with Gasteiger partial charge in [0.05, 0.1) is 4.88 Å². The predicted octanol–water partition coefficient (Wildman–Crippen LogP) is 2.46. The van der Waals surface area contributed by atoms with Gasteiger partial charge in [0.15, 0.2) is 6.61 Å². The van der Waals surface area contributed by atoms with Gasteiger partial charge in [0.25, 0.3) is 11.8 Å². The molecule has 0 saturated heterocycles. The summed E-state index contributed by atoms with van der Waals surface area (Å²) >= 11 is 1.33. The first-order valence-electron chi connectivity index (χ1n) is 6.95. The van der Waals surface area contributed by atoms with Crippen LogP contribution in [0.4, 0.5) is 0 Å². The van der Waals surface area contributed by atoms with E-state index >= 15 is 0 Å². The highest BCUT2D eigenvalue weighted by atomic mass is 32.1. The summed E-state index contributed by atoms with van der Waals surface area (Å²) in [5.74, 6) is -0.0520. The normalized spacial score (nSPS) is 10.1. The van der Waals surface area contributed by atoms with Gasteiger partial charge in [-0.2, -0.15) is 0 Å². The van der Waals surface area contributed by atoms with Crippen molar-refractivity contribution in [2.45, 2.75) is 20.3 Å². The highest BCUT2D eigenvalue weighted by molar-refractivity contribution is 7.12. The third-order valence-electron chi connectivity index (χ3n) is 3.10. The Morgan fingerprint density at radius 2 is 1.95 bits per heavy atom.